The molecule has 1 N–H and O–H groups in total. The normalized spacial score (nSPS) is 23.7. The molecule has 0 aliphatic carbocycles. The Morgan fingerprint density at radius 1 is 1.47 bits per heavy atom. The standard InChI is InChI=1S/C10H17F2NO2/c1-8(9(14)15)2-5-13-6-3-10(11,12)4-7-13/h8H,2-7H2,1H3,(H,14,15). The fourth-order valence-electron chi connectivity index (χ4n) is 1.60. The summed E-state index contributed by atoms with van der Waals surface area (Å²) in [4.78, 5) is 12.5. The molecule has 1 saturated heterocycles. The minimum absolute atomic E-state index is 0.103. The van der Waals surface area contributed by atoms with Crippen LogP contribution in [-0.2, 0) is 4.79 Å². The number of carboxylic acid groups (broad SMARTS) is 1. The lowest BCUT2D eigenvalue weighted by atomic mass is 10.0. The predicted molar refractivity (Wildman–Crippen MR) is 52.0 cm³/mol. The fraction of sp³-hybridized carbons (Fsp3) is 0.900. The zero-order valence-corrected chi connectivity index (χ0v) is 8.88. The first-order valence-corrected chi connectivity index (χ1v) is 5.24. The van der Waals surface area contributed by atoms with E-state index in [0.29, 0.717) is 26.1 Å². The van der Waals surface area contributed by atoms with Gasteiger partial charge >= 0.3 is 5.97 Å². The molecule has 1 rings (SSSR count). The summed E-state index contributed by atoms with van der Waals surface area (Å²) in [5.41, 5.74) is 0. The van der Waals surface area contributed by atoms with Gasteiger partial charge in [0.2, 0.25) is 0 Å². The Morgan fingerprint density at radius 3 is 2.47 bits per heavy atom. The van der Waals surface area contributed by atoms with Crippen LogP contribution < -0.4 is 0 Å². The zero-order valence-electron chi connectivity index (χ0n) is 8.88. The number of hydrogen-bond donors (Lipinski definition) is 1. The Labute approximate surface area is 88.1 Å². The van der Waals surface area contributed by atoms with E-state index in [4.69, 9.17) is 5.11 Å². The Morgan fingerprint density at radius 2 is 2.00 bits per heavy atom. The third-order valence-corrected chi connectivity index (χ3v) is 2.89. The molecule has 0 aromatic carbocycles. The number of carbonyl (C=O) groups is 1. The number of alkyl halides is 2. The van der Waals surface area contributed by atoms with Crippen molar-refractivity contribution in [2.75, 3.05) is 19.6 Å². The Kier molecular flexibility index (Phi) is 4.02. The molecule has 15 heavy (non-hydrogen) atoms. The van der Waals surface area contributed by atoms with Gasteiger partial charge in [-0.25, -0.2) is 8.78 Å². The van der Waals surface area contributed by atoms with Crippen LogP contribution in [0.25, 0.3) is 0 Å². The molecule has 0 spiro atoms. The van der Waals surface area contributed by atoms with Crippen LogP contribution in [-0.4, -0.2) is 41.5 Å². The third-order valence-electron chi connectivity index (χ3n) is 2.89. The number of rotatable bonds is 4. The van der Waals surface area contributed by atoms with Crippen molar-refractivity contribution in [3.8, 4) is 0 Å². The van der Waals surface area contributed by atoms with E-state index < -0.39 is 17.8 Å². The quantitative estimate of drug-likeness (QED) is 0.787. The molecule has 1 unspecified atom stereocenters. The number of halogens is 2. The van der Waals surface area contributed by atoms with Gasteiger partial charge in [0.1, 0.15) is 0 Å². The molecule has 1 heterocycles. The van der Waals surface area contributed by atoms with Crippen molar-refractivity contribution in [2.24, 2.45) is 5.92 Å². The molecule has 0 amide bonds. The molecule has 0 saturated carbocycles. The highest BCUT2D eigenvalue weighted by molar-refractivity contribution is 5.69. The number of nitrogens with zero attached hydrogens (tertiary/aromatic N) is 1. The first kappa shape index (κ1) is 12.4. The second kappa shape index (κ2) is 4.88. The van der Waals surface area contributed by atoms with Crippen molar-refractivity contribution < 1.29 is 18.7 Å². The number of carboxylic acids is 1. The molecule has 5 heteroatoms. The van der Waals surface area contributed by atoms with Crippen molar-refractivity contribution in [3.05, 3.63) is 0 Å². The molecule has 1 aliphatic heterocycles. The van der Waals surface area contributed by atoms with Crippen molar-refractivity contribution in [2.45, 2.75) is 32.1 Å². The number of piperidine rings is 1. The van der Waals surface area contributed by atoms with E-state index in [1.165, 1.54) is 0 Å². The van der Waals surface area contributed by atoms with Gasteiger partial charge in [-0.1, -0.05) is 6.92 Å². The Bertz CT molecular complexity index is 223. The van der Waals surface area contributed by atoms with E-state index in [1.807, 2.05) is 4.90 Å². The average Bonchev–Trinajstić information content (AvgIpc) is 2.15. The molecule has 3 nitrogen and oxygen atoms in total. The second-order valence-corrected chi connectivity index (χ2v) is 4.23. The monoisotopic (exact) mass is 221 g/mol. The Balaban J connectivity index is 2.22. The Hall–Kier alpha value is -0.710. The summed E-state index contributed by atoms with van der Waals surface area (Å²) < 4.78 is 25.6. The lowest BCUT2D eigenvalue weighted by Gasteiger charge is -2.31. The van der Waals surface area contributed by atoms with Crippen LogP contribution in [0.2, 0.25) is 0 Å². The minimum Gasteiger partial charge on any atom is -0.481 e. The van der Waals surface area contributed by atoms with Crippen LogP contribution in [0.15, 0.2) is 0 Å². The van der Waals surface area contributed by atoms with Crippen LogP contribution in [0.4, 0.5) is 8.78 Å². The van der Waals surface area contributed by atoms with Gasteiger partial charge in [0.05, 0.1) is 5.92 Å². The van der Waals surface area contributed by atoms with Gasteiger partial charge < -0.3 is 10.0 Å². The lowest BCUT2D eigenvalue weighted by Crippen LogP contribution is -2.40. The lowest BCUT2D eigenvalue weighted by molar-refractivity contribution is -0.141. The highest BCUT2D eigenvalue weighted by atomic mass is 19.3. The molecule has 88 valence electrons. The summed E-state index contributed by atoms with van der Waals surface area (Å²) in [6.07, 6.45) is 0.323. The van der Waals surface area contributed by atoms with Gasteiger partial charge in [-0.15, -0.1) is 0 Å². The molecule has 0 aromatic rings. The van der Waals surface area contributed by atoms with Crippen molar-refractivity contribution in [1.29, 1.82) is 0 Å². The van der Waals surface area contributed by atoms with Gasteiger partial charge in [-0.2, -0.15) is 0 Å². The van der Waals surface area contributed by atoms with E-state index in [9.17, 15) is 13.6 Å². The van der Waals surface area contributed by atoms with Gasteiger partial charge in [0.15, 0.2) is 0 Å². The average molecular weight is 221 g/mol. The molecule has 1 fully saturated rings. The SMILES string of the molecule is CC(CCN1CCC(F)(F)CC1)C(=O)O. The van der Waals surface area contributed by atoms with Crippen molar-refractivity contribution in [3.63, 3.8) is 0 Å². The van der Waals surface area contributed by atoms with Crippen LogP contribution in [0, 0.1) is 5.92 Å². The van der Waals surface area contributed by atoms with Crippen LogP contribution in [0.3, 0.4) is 0 Å². The first-order valence-electron chi connectivity index (χ1n) is 5.24. The summed E-state index contributed by atoms with van der Waals surface area (Å²) in [5.74, 6) is -3.74. The molecule has 0 aromatic heterocycles. The zero-order chi connectivity index (χ0) is 11.5. The van der Waals surface area contributed by atoms with E-state index in [-0.39, 0.29) is 12.8 Å². The molecule has 0 radical (unpaired) electrons. The summed E-state index contributed by atoms with van der Waals surface area (Å²) in [6.45, 7) is 2.99. The minimum atomic E-state index is -2.52. The van der Waals surface area contributed by atoms with Crippen molar-refractivity contribution >= 4 is 5.97 Å². The van der Waals surface area contributed by atoms with E-state index in [2.05, 4.69) is 0 Å². The highest BCUT2D eigenvalue weighted by Gasteiger charge is 2.33. The molecule has 1 atom stereocenters. The number of aliphatic carboxylic acids is 1. The molecular formula is C10H17F2NO2. The second-order valence-electron chi connectivity index (χ2n) is 4.23. The van der Waals surface area contributed by atoms with Crippen LogP contribution >= 0.6 is 0 Å². The third kappa shape index (κ3) is 4.11. The summed E-state index contributed by atoms with van der Waals surface area (Å²) >= 11 is 0. The van der Waals surface area contributed by atoms with E-state index >= 15 is 0 Å². The van der Waals surface area contributed by atoms with E-state index in [1.54, 1.807) is 6.92 Å². The fourth-order valence-corrected chi connectivity index (χ4v) is 1.60. The van der Waals surface area contributed by atoms with Crippen LogP contribution in [0.1, 0.15) is 26.2 Å². The topological polar surface area (TPSA) is 40.5 Å². The van der Waals surface area contributed by atoms with Crippen molar-refractivity contribution in [1.82, 2.24) is 4.90 Å². The molecule has 0 bridgehead atoms. The van der Waals surface area contributed by atoms with Gasteiger partial charge in [0.25, 0.3) is 5.92 Å². The van der Waals surface area contributed by atoms with Gasteiger partial charge in [-0.05, 0) is 13.0 Å². The summed E-state index contributed by atoms with van der Waals surface area (Å²) in [7, 11) is 0. The highest BCUT2D eigenvalue weighted by Crippen LogP contribution is 2.27. The molecular weight excluding hydrogens is 204 g/mol. The maximum atomic E-state index is 12.8. The number of hydrogen-bond acceptors (Lipinski definition) is 2. The van der Waals surface area contributed by atoms with Crippen LogP contribution in [0.5, 0.6) is 0 Å². The smallest absolute Gasteiger partial charge is 0.306 e. The van der Waals surface area contributed by atoms with E-state index in [0.717, 1.165) is 0 Å². The largest absolute Gasteiger partial charge is 0.481 e. The maximum absolute atomic E-state index is 12.8. The summed E-state index contributed by atoms with van der Waals surface area (Å²) in [6, 6.07) is 0. The molecule has 1 aliphatic rings. The van der Waals surface area contributed by atoms with Gasteiger partial charge in [-0.3, -0.25) is 4.79 Å². The first-order chi connectivity index (χ1) is 6.91. The number of likely N-dealkylation sites (tertiary alicyclic amines) is 1. The predicted octanol–water partition coefficient (Wildman–Crippen LogP) is 1.83. The van der Waals surface area contributed by atoms with Gasteiger partial charge in [0, 0.05) is 25.9 Å². The summed E-state index contributed by atoms with van der Waals surface area (Å²) in [5, 5.41) is 8.66. The maximum Gasteiger partial charge on any atom is 0.306 e.